The van der Waals surface area contributed by atoms with Crippen LogP contribution in [0, 0.1) is 5.82 Å². The molecular weight excluding hydrogens is 433 g/mol. The summed E-state index contributed by atoms with van der Waals surface area (Å²) < 4.78 is 20.0. The Morgan fingerprint density at radius 1 is 1.22 bits per heavy atom. The zero-order chi connectivity index (χ0) is 19.4. The van der Waals surface area contributed by atoms with E-state index in [0.29, 0.717) is 27.2 Å². The molecule has 0 unspecified atom stereocenters. The predicted molar refractivity (Wildman–Crippen MR) is 108 cm³/mol. The topological polar surface area (TPSA) is 46.6 Å². The van der Waals surface area contributed by atoms with Crippen LogP contribution in [0.1, 0.15) is 24.5 Å². The Kier molecular flexibility index (Phi) is 6.34. The van der Waals surface area contributed by atoms with Crippen LogP contribution in [-0.2, 0) is 11.4 Å². The Balaban J connectivity index is 1.72. The third-order valence-electron chi connectivity index (χ3n) is 3.92. The van der Waals surface area contributed by atoms with Crippen LogP contribution in [0.15, 0.2) is 51.8 Å². The van der Waals surface area contributed by atoms with E-state index in [-0.39, 0.29) is 23.6 Å². The van der Waals surface area contributed by atoms with E-state index in [4.69, 9.17) is 4.74 Å². The average Bonchev–Trinajstić information content (AvgIpc) is 2.90. The number of carbonyl (C=O) groups excluding carboxylic acids is 2. The predicted octanol–water partition coefficient (Wildman–Crippen LogP) is 5.61. The van der Waals surface area contributed by atoms with Crippen LogP contribution in [-0.4, -0.2) is 22.6 Å². The van der Waals surface area contributed by atoms with E-state index in [9.17, 15) is 14.0 Å². The molecule has 3 rings (SSSR count). The number of nitrogens with zero attached hydrogens (tertiary/aromatic N) is 1. The van der Waals surface area contributed by atoms with Crippen molar-refractivity contribution in [3.8, 4) is 5.75 Å². The number of hydrogen-bond donors (Lipinski definition) is 0. The first-order chi connectivity index (χ1) is 13.0. The molecule has 2 amide bonds. The third-order valence-corrected chi connectivity index (χ3v) is 5.44. The molecule has 0 N–H and O–H groups in total. The summed E-state index contributed by atoms with van der Waals surface area (Å²) in [6.45, 7) is 2.46. The van der Waals surface area contributed by atoms with Gasteiger partial charge in [0.05, 0.1) is 9.38 Å². The highest BCUT2D eigenvalue weighted by Gasteiger charge is 2.34. The van der Waals surface area contributed by atoms with Gasteiger partial charge in [0.25, 0.3) is 11.1 Å². The monoisotopic (exact) mass is 449 g/mol. The van der Waals surface area contributed by atoms with Gasteiger partial charge < -0.3 is 4.74 Å². The van der Waals surface area contributed by atoms with Gasteiger partial charge in [-0.05, 0) is 64.0 Å². The first-order valence-electron chi connectivity index (χ1n) is 8.40. The van der Waals surface area contributed by atoms with Crippen LogP contribution in [0.25, 0.3) is 6.08 Å². The molecule has 0 saturated carbocycles. The minimum atomic E-state index is -0.312. The maximum Gasteiger partial charge on any atom is 0.293 e. The molecule has 0 spiro atoms. The van der Waals surface area contributed by atoms with Gasteiger partial charge in [0.15, 0.2) is 0 Å². The molecule has 7 heteroatoms. The number of ether oxygens (including phenoxy) is 1. The molecule has 0 bridgehead atoms. The fourth-order valence-electron chi connectivity index (χ4n) is 2.56. The van der Waals surface area contributed by atoms with Crippen molar-refractivity contribution < 1.29 is 18.7 Å². The molecule has 0 aromatic heterocycles. The highest BCUT2D eigenvalue weighted by atomic mass is 79.9. The van der Waals surface area contributed by atoms with Crippen LogP contribution >= 0.6 is 27.7 Å². The molecule has 2 aromatic carbocycles. The Morgan fingerprint density at radius 3 is 2.70 bits per heavy atom. The lowest BCUT2D eigenvalue weighted by Crippen LogP contribution is -2.28. The smallest absolute Gasteiger partial charge is 0.293 e. The lowest BCUT2D eigenvalue weighted by Gasteiger charge is -2.10. The largest absolute Gasteiger partial charge is 0.488 e. The Bertz CT molecular complexity index is 916. The normalized spacial score (nSPS) is 15.7. The standard InChI is InChI=1S/C20H17BrFNO3S/c1-2-9-23-19(24)18(27-20(23)25)11-13-7-8-17(15(21)10-13)26-12-14-5-3-4-6-16(14)22/h3-8,10-11H,2,9,12H2,1H3/b18-11+. The van der Waals surface area contributed by atoms with E-state index >= 15 is 0 Å². The molecule has 4 nitrogen and oxygen atoms in total. The van der Waals surface area contributed by atoms with E-state index < -0.39 is 0 Å². The van der Waals surface area contributed by atoms with Crippen molar-refractivity contribution in [3.63, 3.8) is 0 Å². The molecule has 0 atom stereocenters. The number of halogens is 2. The Hall–Kier alpha value is -2.12. The van der Waals surface area contributed by atoms with E-state index in [1.54, 1.807) is 42.5 Å². The van der Waals surface area contributed by atoms with Crippen molar-refractivity contribution >= 4 is 44.9 Å². The lowest BCUT2D eigenvalue weighted by atomic mass is 10.2. The number of rotatable bonds is 6. The van der Waals surface area contributed by atoms with Crippen molar-refractivity contribution in [1.82, 2.24) is 4.90 Å². The number of carbonyl (C=O) groups is 2. The molecule has 140 valence electrons. The molecule has 0 radical (unpaired) electrons. The summed E-state index contributed by atoms with van der Waals surface area (Å²) in [6, 6.07) is 11.8. The van der Waals surface area contributed by atoms with Gasteiger partial charge in [-0.15, -0.1) is 0 Å². The first kappa shape index (κ1) is 19.6. The van der Waals surface area contributed by atoms with Crippen molar-refractivity contribution in [2.75, 3.05) is 6.54 Å². The fourth-order valence-corrected chi connectivity index (χ4v) is 3.94. The quantitative estimate of drug-likeness (QED) is 0.537. The zero-order valence-electron chi connectivity index (χ0n) is 14.6. The van der Waals surface area contributed by atoms with Gasteiger partial charge in [-0.1, -0.05) is 31.2 Å². The SMILES string of the molecule is CCCN1C(=O)S/C(=C/c2ccc(OCc3ccccc3F)c(Br)c2)C1=O. The second kappa shape index (κ2) is 8.71. The lowest BCUT2D eigenvalue weighted by molar-refractivity contribution is -0.122. The third kappa shape index (κ3) is 4.59. The molecule has 2 aromatic rings. The summed E-state index contributed by atoms with van der Waals surface area (Å²) in [7, 11) is 0. The zero-order valence-corrected chi connectivity index (χ0v) is 17.0. The molecular formula is C20H17BrFNO3S. The second-order valence-electron chi connectivity index (χ2n) is 5.90. The number of hydrogen-bond acceptors (Lipinski definition) is 4. The molecule has 1 fully saturated rings. The van der Waals surface area contributed by atoms with E-state index in [1.807, 2.05) is 6.92 Å². The van der Waals surface area contributed by atoms with E-state index in [2.05, 4.69) is 15.9 Å². The van der Waals surface area contributed by atoms with Crippen LogP contribution in [0.5, 0.6) is 5.75 Å². The van der Waals surface area contributed by atoms with Crippen molar-refractivity contribution in [2.24, 2.45) is 0 Å². The van der Waals surface area contributed by atoms with Gasteiger partial charge in [-0.2, -0.15) is 0 Å². The summed E-state index contributed by atoms with van der Waals surface area (Å²) in [5.74, 6) is -0.00890. The summed E-state index contributed by atoms with van der Waals surface area (Å²) in [6.07, 6.45) is 2.41. The summed E-state index contributed by atoms with van der Waals surface area (Å²) in [5.41, 5.74) is 1.24. The van der Waals surface area contributed by atoms with Crippen LogP contribution in [0.3, 0.4) is 0 Å². The molecule has 27 heavy (non-hydrogen) atoms. The van der Waals surface area contributed by atoms with Gasteiger partial charge in [-0.3, -0.25) is 14.5 Å². The molecule has 1 saturated heterocycles. The highest BCUT2D eigenvalue weighted by molar-refractivity contribution is 9.10. The first-order valence-corrected chi connectivity index (χ1v) is 10.0. The summed E-state index contributed by atoms with van der Waals surface area (Å²) >= 11 is 4.38. The average molecular weight is 450 g/mol. The Labute approximate surface area is 169 Å². The van der Waals surface area contributed by atoms with Gasteiger partial charge in [0.1, 0.15) is 18.2 Å². The van der Waals surface area contributed by atoms with Gasteiger partial charge in [0.2, 0.25) is 0 Å². The number of benzene rings is 2. The van der Waals surface area contributed by atoms with Crippen molar-refractivity contribution in [1.29, 1.82) is 0 Å². The highest BCUT2D eigenvalue weighted by Crippen LogP contribution is 2.34. The van der Waals surface area contributed by atoms with Crippen molar-refractivity contribution in [3.05, 3.63) is 68.8 Å². The summed E-state index contributed by atoms with van der Waals surface area (Å²) in [5, 5.41) is -0.239. The van der Waals surface area contributed by atoms with Crippen LogP contribution in [0.4, 0.5) is 9.18 Å². The van der Waals surface area contributed by atoms with Gasteiger partial charge in [-0.25, -0.2) is 4.39 Å². The van der Waals surface area contributed by atoms with Gasteiger partial charge >= 0.3 is 0 Å². The van der Waals surface area contributed by atoms with E-state index in [1.165, 1.54) is 11.0 Å². The minimum absolute atomic E-state index is 0.112. The summed E-state index contributed by atoms with van der Waals surface area (Å²) in [4.78, 5) is 25.9. The molecule has 0 aliphatic carbocycles. The van der Waals surface area contributed by atoms with Crippen LogP contribution < -0.4 is 4.74 Å². The molecule has 1 aliphatic heterocycles. The van der Waals surface area contributed by atoms with Crippen LogP contribution in [0.2, 0.25) is 0 Å². The fraction of sp³-hybridized carbons (Fsp3) is 0.200. The minimum Gasteiger partial charge on any atom is -0.488 e. The molecule has 1 heterocycles. The van der Waals surface area contributed by atoms with Crippen molar-refractivity contribution in [2.45, 2.75) is 20.0 Å². The number of thioether (sulfide) groups is 1. The van der Waals surface area contributed by atoms with E-state index in [0.717, 1.165) is 23.7 Å². The Morgan fingerprint density at radius 2 is 2.00 bits per heavy atom. The number of imide groups is 1. The molecule has 1 aliphatic rings. The van der Waals surface area contributed by atoms with Gasteiger partial charge in [0, 0.05) is 12.1 Å². The maximum atomic E-state index is 13.7. The number of amides is 2. The second-order valence-corrected chi connectivity index (χ2v) is 7.75. The maximum absolute atomic E-state index is 13.7.